The van der Waals surface area contributed by atoms with Crippen LogP contribution in [0.25, 0.3) is 0 Å². The molecule has 1 amide bonds. The number of amides is 1. The van der Waals surface area contributed by atoms with Gasteiger partial charge in [0.2, 0.25) is 0 Å². The van der Waals surface area contributed by atoms with E-state index in [4.69, 9.17) is 9.84 Å². The standard InChI is InChI=1S/C12H14INO4/c1-7(11(15)14(2)3)18-10-6-8(12(16)17)4-5-9(10)13/h4-7H,1-3H3,(H,16,17). The predicted octanol–water partition coefficient (Wildman–Crippen LogP) is 1.84. The van der Waals surface area contributed by atoms with E-state index in [9.17, 15) is 9.59 Å². The number of likely N-dealkylation sites (N-methyl/N-ethyl adjacent to an activating group) is 1. The molecule has 0 fully saturated rings. The Kier molecular flexibility index (Phi) is 4.94. The van der Waals surface area contributed by atoms with Crippen molar-refractivity contribution in [2.24, 2.45) is 0 Å². The van der Waals surface area contributed by atoms with Crippen molar-refractivity contribution >= 4 is 34.5 Å². The number of carbonyl (C=O) groups is 2. The molecular weight excluding hydrogens is 349 g/mol. The van der Waals surface area contributed by atoms with Crippen molar-refractivity contribution in [3.63, 3.8) is 0 Å². The fourth-order valence-electron chi connectivity index (χ4n) is 1.33. The Morgan fingerprint density at radius 1 is 1.39 bits per heavy atom. The van der Waals surface area contributed by atoms with E-state index < -0.39 is 12.1 Å². The van der Waals surface area contributed by atoms with Crippen LogP contribution < -0.4 is 4.74 Å². The number of carbonyl (C=O) groups excluding carboxylic acids is 1. The molecule has 0 aliphatic heterocycles. The molecule has 0 aromatic heterocycles. The van der Waals surface area contributed by atoms with E-state index >= 15 is 0 Å². The Hall–Kier alpha value is -1.31. The summed E-state index contributed by atoms with van der Waals surface area (Å²) in [4.78, 5) is 23.9. The second-order valence-electron chi connectivity index (χ2n) is 3.94. The third kappa shape index (κ3) is 3.59. The van der Waals surface area contributed by atoms with E-state index in [1.165, 1.54) is 17.0 Å². The van der Waals surface area contributed by atoms with E-state index in [-0.39, 0.29) is 11.5 Å². The molecule has 1 N–H and O–H groups in total. The third-order valence-corrected chi connectivity index (χ3v) is 3.16. The maximum absolute atomic E-state index is 11.7. The Bertz CT molecular complexity index is 473. The maximum atomic E-state index is 11.7. The molecular formula is C12H14INO4. The van der Waals surface area contributed by atoms with Crippen molar-refractivity contribution in [2.45, 2.75) is 13.0 Å². The van der Waals surface area contributed by atoms with Gasteiger partial charge in [0.15, 0.2) is 6.10 Å². The summed E-state index contributed by atoms with van der Waals surface area (Å²) in [6.07, 6.45) is -0.655. The number of ether oxygens (including phenoxy) is 1. The van der Waals surface area contributed by atoms with Crippen LogP contribution in [-0.2, 0) is 4.79 Å². The van der Waals surface area contributed by atoms with Crippen LogP contribution in [-0.4, -0.2) is 42.1 Å². The lowest BCUT2D eigenvalue weighted by atomic mass is 10.2. The summed E-state index contributed by atoms with van der Waals surface area (Å²) in [6, 6.07) is 4.56. The first-order chi connectivity index (χ1) is 8.32. The van der Waals surface area contributed by atoms with Crippen LogP contribution in [0.2, 0.25) is 0 Å². The van der Waals surface area contributed by atoms with Crippen LogP contribution in [0.3, 0.4) is 0 Å². The van der Waals surface area contributed by atoms with Crippen LogP contribution in [0.15, 0.2) is 18.2 Å². The zero-order chi connectivity index (χ0) is 13.9. The van der Waals surface area contributed by atoms with Gasteiger partial charge in [0.05, 0.1) is 9.13 Å². The topological polar surface area (TPSA) is 66.8 Å². The molecule has 6 heteroatoms. The average Bonchev–Trinajstić information content (AvgIpc) is 2.30. The number of hydrogen-bond acceptors (Lipinski definition) is 3. The summed E-state index contributed by atoms with van der Waals surface area (Å²) in [7, 11) is 3.28. The first-order valence-corrected chi connectivity index (χ1v) is 6.31. The fourth-order valence-corrected chi connectivity index (χ4v) is 1.79. The minimum absolute atomic E-state index is 0.134. The molecule has 1 atom stereocenters. The molecule has 5 nitrogen and oxygen atoms in total. The molecule has 1 unspecified atom stereocenters. The maximum Gasteiger partial charge on any atom is 0.335 e. The number of halogens is 1. The van der Waals surface area contributed by atoms with E-state index in [2.05, 4.69) is 0 Å². The monoisotopic (exact) mass is 363 g/mol. The van der Waals surface area contributed by atoms with E-state index in [1.807, 2.05) is 22.6 Å². The SMILES string of the molecule is CC(Oc1cc(C(=O)O)ccc1I)C(=O)N(C)C. The highest BCUT2D eigenvalue weighted by Gasteiger charge is 2.18. The molecule has 98 valence electrons. The van der Waals surface area contributed by atoms with Gasteiger partial charge in [-0.2, -0.15) is 0 Å². The van der Waals surface area contributed by atoms with Crippen LogP contribution in [0.5, 0.6) is 5.75 Å². The highest BCUT2D eigenvalue weighted by Crippen LogP contribution is 2.23. The largest absolute Gasteiger partial charge is 0.480 e. The van der Waals surface area contributed by atoms with Gasteiger partial charge in [-0.1, -0.05) is 0 Å². The number of aromatic carboxylic acids is 1. The van der Waals surface area contributed by atoms with Gasteiger partial charge in [-0.25, -0.2) is 4.79 Å². The Balaban J connectivity index is 2.93. The molecule has 0 aliphatic carbocycles. The van der Waals surface area contributed by atoms with Gasteiger partial charge >= 0.3 is 5.97 Å². The fraction of sp³-hybridized carbons (Fsp3) is 0.333. The van der Waals surface area contributed by atoms with Crippen LogP contribution in [0.4, 0.5) is 0 Å². The molecule has 1 rings (SSSR count). The third-order valence-electron chi connectivity index (χ3n) is 2.27. The zero-order valence-corrected chi connectivity index (χ0v) is 12.5. The first-order valence-electron chi connectivity index (χ1n) is 5.23. The van der Waals surface area contributed by atoms with Gasteiger partial charge in [-0.05, 0) is 47.7 Å². The van der Waals surface area contributed by atoms with Gasteiger partial charge in [0.25, 0.3) is 5.91 Å². The van der Waals surface area contributed by atoms with Crippen molar-refractivity contribution in [3.05, 3.63) is 27.3 Å². The minimum atomic E-state index is -1.03. The molecule has 0 spiro atoms. The molecule has 0 saturated carbocycles. The van der Waals surface area contributed by atoms with Crippen molar-refractivity contribution in [1.29, 1.82) is 0 Å². The Morgan fingerprint density at radius 2 is 2.00 bits per heavy atom. The highest BCUT2D eigenvalue weighted by molar-refractivity contribution is 14.1. The quantitative estimate of drug-likeness (QED) is 0.830. The lowest BCUT2D eigenvalue weighted by molar-refractivity contribution is -0.135. The van der Waals surface area contributed by atoms with Crippen molar-refractivity contribution in [1.82, 2.24) is 4.90 Å². The second-order valence-corrected chi connectivity index (χ2v) is 5.11. The lowest BCUT2D eigenvalue weighted by Gasteiger charge is -2.19. The summed E-state index contributed by atoms with van der Waals surface area (Å²) in [5, 5.41) is 8.90. The lowest BCUT2D eigenvalue weighted by Crippen LogP contribution is -2.35. The van der Waals surface area contributed by atoms with Gasteiger partial charge in [0, 0.05) is 14.1 Å². The summed E-state index contributed by atoms with van der Waals surface area (Å²) in [6.45, 7) is 1.63. The van der Waals surface area contributed by atoms with E-state index in [1.54, 1.807) is 27.1 Å². The molecule has 0 radical (unpaired) electrons. The van der Waals surface area contributed by atoms with Crippen molar-refractivity contribution < 1.29 is 19.4 Å². The van der Waals surface area contributed by atoms with Gasteiger partial charge in [-0.15, -0.1) is 0 Å². The molecule has 1 aromatic rings. The van der Waals surface area contributed by atoms with Crippen LogP contribution >= 0.6 is 22.6 Å². The molecule has 1 aromatic carbocycles. The second kappa shape index (κ2) is 6.03. The highest BCUT2D eigenvalue weighted by atomic mass is 127. The van der Waals surface area contributed by atoms with Gasteiger partial charge in [-0.3, -0.25) is 4.79 Å². The van der Waals surface area contributed by atoms with Crippen molar-refractivity contribution in [3.8, 4) is 5.75 Å². The molecule has 0 saturated heterocycles. The summed E-state index contributed by atoms with van der Waals surface area (Å²) in [5.74, 6) is -0.799. The molecule has 18 heavy (non-hydrogen) atoms. The molecule has 0 bridgehead atoms. The molecule has 0 heterocycles. The average molecular weight is 363 g/mol. The van der Waals surface area contributed by atoms with Crippen LogP contribution in [0.1, 0.15) is 17.3 Å². The smallest absolute Gasteiger partial charge is 0.335 e. The number of carboxylic acid groups (broad SMARTS) is 1. The van der Waals surface area contributed by atoms with Crippen molar-refractivity contribution in [2.75, 3.05) is 14.1 Å². The van der Waals surface area contributed by atoms with Crippen LogP contribution in [0, 0.1) is 3.57 Å². The van der Waals surface area contributed by atoms with Gasteiger partial charge < -0.3 is 14.7 Å². The first kappa shape index (κ1) is 14.7. The summed E-state index contributed by atoms with van der Waals surface area (Å²) >= 11 is 2.03. The Labute approximate surface area is 119 Å². The minimum Gasteiger partial charge on any atom is -0.480 e. The van der Waals surface area contributed by atoms with E-state index in [0.29, 0.717) is 5.75 Å². The summed E-state index contributed by atoms with van der Waals surface area (Å²) in [5.41, 5.74) is 0.134. The van der Waals surface area contributed by atoms with E-state index in [0.717, 1.165) is 3.57 Å². The number of hydrogen-bond donors (Lipinski definition) is 1. The number of benzene rings is 1. The normalized spacial score (nSPS) is 11.8. The Morgan fingerprint density at radius 3 is 2.50 bits per heavy atom. The zero-order valence-electron chi connectivity index (χ0n) is 10.3. The summed E-state index contributed by atoms with van der Waals surface area (Å²) < 4.78 is 6.26. The van der Waals surface area contributed by atoms with Gasteiger partial charge in [0.1, 0.15) is 5.75 Å². The predicted molar refractivity (Wildman–Crippen MR) is 74.9 cm³/mol. The number of rotatable bonds is 4. The molecule has 0 aliphatic rings. The number of nitrogens with zero attached hydrogens (tertiary/aromatic N) is 1. The number of carboxylic acids is 1.